The molecule has 0 saturated heterocycles. The van der Waals surface area contributed by atoms with Gasteiger partial charge < -0.3 is 10.1 Å². The number of rotatable bonds is 6. The highest BCUT2D eigenvalue weighted by atomic mass is 16.5. The third-order valence-electron chi connectivity index (χ3n) is 3.78. The zero-order valence-electron chi connectivity index (χ0n) is 14.3. The van der Waals surface area contributed by atoms with Crippen molar-refractivity contribution in [2.24, 2.45) is 5.92 Å². The first-order valence-electron chi connectivity index (χ1n) is 7.98. The summed E-state index contributed by atoms with van der Waals surface area (Å²) in [4.78, 5) is 12.2. The van der Waals surface area contributed by atoms with E-state index in [1.165, 1.54) is 16.7 Å². The predicted octanol–water partition coefficient (Wildman–Crippen LogP) is 4.52. The van der Waals surface area contributed by atoms with Gasteiger partial charge >= 0.3 is 0 Å². The van der Waals surface area contributed by atoms with Crippen LogP contribution in [0, 0.1) is 19.8 Å². The highest BCUT2D eigenvalue weighted by Crippen LogP contribution is 2.24. The minimum Gasteiger partial charge on any atom is -0.495 e. The maximum atomic E-state index is 12.2. The summed E-state index contributed by atoms with van der Waals surface area (Å²) in [5.74, 6) is 0.986. The quantitative estimate of drug-likeness (QED) is 0.852. The molecule has 0 bridgehead atoms. The van der Waals surface area contributed by atoms with E-state index in [4.69, 9.17) is 4.74 Å². The Kier molecular flexibility index (Phi) is 5.80. The minimum atomic E-state index is 0.0198. The largest absolute Gasteiger partial charge is 0.495 e. The van der Waals surface area contributed by atoms with E-state index in [2.05, 4.69) is 44.3 Å². The molecular weight excluding hydrogens is 286 g/mol. The second-order valence-electron chi connectivity index (χ2n) is 6.26. The molecule has 2 rings (SSSR count). The van der Waals surface area contributed by atoms with Crippen LogP contribution < -0.4 is 10.1 Å². The van der Waals surface area contributed by atoms with Crippen LogP contribution in [0.3, 0.4) is 0 Å². The monoisotopic (exact) mass is 311 g/mol. The standard InChI is InChI=1S/C20H25NO2/c1-14-9-15(2)11-17(10-14)12-16(3)13-20(22)21-18-7-5-6-8-19(18)23-4/h5-11,16H,12-13H2,1-4H3,(H,21,22). The highest BCUT2D eigenvalue weighted by molar-refractivity contribution is 5.92. The third kappa shape index (κ3) is 5.13. The molecule has 3 nitrogen and oxygen atoms in total. The number of anilines is 1. The number of carbonyl (C=O) groups excluding carboxylic acids is 1. The number of ether oxygens (including phenoxy) is 1. The van der Waals surface area contributed by atoms with Crippen LogP contribution in [0.1, 0.15) is 30.0 Å². The van der Waals surface area contributed by atoms with Gasteiger partial charge in [-0.2, -0.15) is 0 Å². The molecular formula is C20H25NO2. The average Bonchev–Trinajstić information content (AvgIpc) is 2.46. The van der Waals surface area contributed by atoms with Gasteiger partial charge in [0.1, 0.15) is 5.75 Å². The summed E-state index contributed by atoms with van der Waals surface area (Å²) < 4.78 is 5.26. The summed E-state index contributed by atoms with van der Waals surface area (Å²) in [6, 6.07) is 14.0. The van der Waals surface area contributed by atoms with Gasteiger partial charge in [0.2, 0.25) is 5.91 Å². The first kappa shape index (κ1) is 17.1. The van der Waals surface area contributed by atoms with E-state index in [9.17, 15) is 4.79 Å². The maximum Gasteiger partial charge on any atom is 0.224 e. The number of carbonyl (C=O) groups is 1. The van der Waals surface area contributed by atoms with Crippen LogP contribution in [-0.2, 0) is 11.2 Å². The fraction of sp³-hybridized carbons (Fsp3) is 0.350. The van der Waals surface area contributed by atoms with Crippen molar-refractivity contribution in [3.05, 3.63) is 59.2 Å². The molecule has 0 aliphatic carbocycles. The molecule has 0 spiro atoms. The third-order valence-corrected chi connectivity index (χ3v) is 3.78. The van der Waals surface area contributed by atoms with E-state index in [1.807, 2.05) is 24.3 Å². The molecule has 1 unspecified atom stereocenters. The molecule has 0 saturated carbocycles. The molecule has 0 aromatic heterocycles. The van der Waals surface area contributed by atoms with Gasteiger partial charge in [0.05, 0.1) is 12.8 Å². The van der Waals surface area contributed by atoms with Crippen molar-refractivity contribution in [3.8, 4) is 5.75 Å². The van der Waals surface area contributed by atoms with Crippen LogP contribution in [0.25, 0.3) is 0 Å². The van der Waals surface area contributed by atoms with E-state index in [-0.39, 0.29) is 11.8 Å². The van der Waals surface area contributed by atoms with Gasteiger partial charge in [-0.1, -0.05) is 48.4 Å². The second kappa shape index (κ2) is 7.82. The van der Waals surface area contributed by atoms with E-state index in [0.29, 0.717) is 12.2 Å². The van der Waals surface area contributed by atoms with Crippen LogP contribution in [0.4, 0.5) is 5.69 Å². The molecule has 0 fully saturated rings. The van der Waals surface area contributed by atoms with Gasteiger partial charge in [0.15, 0.2) is 0 Å². The SMILES string of the molecule is COc1ccccc1NC(=O)CC(C)Cc1cc(C)cc(C)c1. The Bertz CT molecular complexity index is 659. The number of hydrogen-bond donors (Lipinski definition) is 1. The molecule has 1 amide bonds. The second-order valence-corrected chi connectivity index (χ2v) is 6.26. The number of hydrogen-bond acceptors (Lipinski definition) is 2. The Morgan fingerprint density at radius 1 is 1.13 bits per heavy atom. The van der Waals surface area contributed by atoms with Crippen LogP contribution in [-0.4, -0.2) is 13.0 Å². The summed E-state index contributed by atoms with van der Waals surface area (Å²) >= 11 is 0. The fourth-order valence-electron chi connectivity index (χ4n) is 2.93. The fourth-order valence-corrected chi connectivity index (χ4v) is 2.93. The first-order valence-corrected chi connectivity index (χ1v) is 7.98. The lowest BCUT2D eigenvalue weighted by atomic mass is 9.95. The average molecular weight is 311 g/mol. The summed E-state index contributed by atoms with van der Waals surface area (Å²) in [6.07, 6.45) is 1.40. The number of amides is 1. The smallest absolute Gasteiger partial charge is 0.224 e. The van der Waals surface area contributed by atoms with Crippen molar-refractivity contribution in [1.82, 2.24) is 0 Å². The number of methoxy groups -OCH3 is 1. The zero-order chi connectivity index (χ0) is 16.8. The van der Waals surface area contributed by atoms with Crippen molar-refractivity contribution in [1.29, 1.82) is 0 Å². The Morgan fingerprint density at radius 3 is 2.43 bits per heavy atom. The summed E-state index contributed by atoms with van der Waals surface area (Å²) in [6.45, 7) is 6.32. The van der Waals surface area contributed by atoms with Crippen LogP contribution >= 0.6 is 0 Å². The molecule has 122 valence electrons. The lowest BCUT2D eigenvalue weighted by Gasteiger charge is -2.14. The zero-order valence-corrected chi connectivity index (χ0v) is 14.3. The lowest BCUT2D eigenvalue weighted by molar-refractivity contribution is -0.117. The van der Waals surface area contributed by atoms with Crippen LogP contribution in [0.15, 0.2) is 42.5 Å². The molecule has 0 radical (unpaired) electrons. The first-order chi connectivity index (χ1) is 11.0. The molecule has 1 N–H and O–H groups in total. The van der Waals surface area contributed by atoms with Gasteiger partial charge in [-0.15, -0.1) is 0 Å². The summed E-state index contributed by atoms with van der Waals surface area (Å²) in [5.41, 5.74) is 4.55. The minimum absolute atomic E-state index is 0.0198. The molecule has 3 heteroatoms. The maximum absolute atomic E-state index is 12.2. The van der Waals surface area contributed by atoms with Gasteiger partial charge in [-0.25, -0.2) is 0 Å². The molecule has 0 heterocycles. The van der Waals surface area contributed by atoms with E-state index < -0.39 is 0 Å². The predicted molar refractivity (Wildman–Crippen MR) is 95.0 cm³/mol. The van der Waals surface area contributed by atoms with E-state index in [1.54, 1.807) is 7.11 Å². The normalized spacial score (nSPS) is 11.8. The van der Waals surface area contributed by atoms with E-state index in [0.717, 1.165) is 12.1 Å². The van der Waals surface area contributed by atoms with Gasteiger partial charge in [0.25, 0.3) is 0 Å². The highest BCUT2D eigenvalue weighted by Gasteiger charge is 2.12. The Hall–Kier alpha value is -2.29. The molecule has 0 aliphatic heterocycles. The van der Waals surface area contributed by atoms with Crippen LogP contribution in [0.2, 0.25) is 0 Å². The van der Waals surface area contributed by atoms with Crippen molar-refractivity contribution < 1.29 is 9.53 Å². The molecule has 23 heavy (non-hydrogen) atoms. The Balaban J connectivity index is 1.94. The molecule has 0 aliphatic rings. The summed E-state index contributed by atoms with van der Waals surface area (Å²) in [5, 5.41) is 2.94. The number of aryl methyl sites for hydroxylation is 2. The molecule has 2 aromatic rings. The Labute approximate surface area is 138 Å². The summed E-state index contributed by atoms with van der Waals surface area (Å²) in [7, 11) is 1.60. The van der Waals surface area contributed by atoms with Gasteiger partial charge in [-0.3, -0.25) is 4.79 Å². The van der Waals surface area contributed by atoms with Crippen molar-refractivity contribution in [2.45, 2.75) is 33.6 Å². The van der Waals surface area contributed by atoms with Crippen molar-refractivity contribution in [3.63, 3.8) is 0 Å². The number of para-hydroxylation sites is 2. The van der Waals surface area contributed by atoms with Gasteiger partial charge in [-0.05, 0) is 43.9 Å². The molecule has 2 aromatic carbocycles. The van der Waals surface area contributed by atoms with Crippen molar-refractivity contribution >= 4 is 11.6 Å². The number of benzene rings is 2. The van der Waals surface area contributed by atoms with Crippen LogP contribution in [0.5, 0.6) is 5.75 Å². The van der Waals surface area contributed by atoms with E-state index >= 15 is 0 Å². The number of nitrogens with one attached hydrogen (secondary N) is 1. The van der Waals surface area contributed by atoms with Gasteiger partial charge in [0, 0.05) is 6.42 Å². The topological polar surface area (TPSA) is 38.3 Å². The van der Waals surface area contributed by atoms with Crippen molar-refractivity contribution in [2.75, 3.05) is 12.4 Å². The lowest BCUT2D eigenvalue weighted by Crippen LogP contribution is -2.16. The Morgan fingerprint density at radius 2 is 1.78 bits per heavy atom. The molecule has 1 atom stereocenters.